The second-order valence-corrected chi connectivity index (χ2v) is 4.59. The summed E-state index contributed by atoms with van der Waals surface area (Å²) in [6.45, 7) is 5.02. The number of unbranched alkanes of at least 4 members (excludes halogenated alkanes) is 2. The van der Waals surface area contributed by atoms with Gasteiger partial charge in [-0.05, 0) is 31.5 Å². The fraction of sp³-hybridized carbons (Fsp3) is 0.353. The van der Waals surface area contributed by atoms with Crippen molar-refractivity contribution in [2.45, 2.75) is 33.1 Å². The van der Waals surface area contributed by atoms with E-state index in [1.54, 1.807) is 6.07 Å². The zero-order valence-corrected chi connectivity index (χ0v) is 12.0. The number of nitrogens with one attached hydrogen (secondary N) is 1. The second-order valence-electron chi connectivity index (χ2n) is 4.59. The third-order valence-electron chi connectivity index (χ3n) is 3.04. The Hall–Kier alpha value is -2.21. The van der Waals surface area contributed by atoms with Crippen LogP contribution in [0.1, 0.15) is 38.7 Å². The van der Waals surface area contributed by atoms with Crippen molar-refractivity contribution in [1.29, 1.82) is 0 Å². The third kappa shape index (κ3) is 3.21. The molecule has 1 aromatic heterocycles. The zero-order valence-electron chi connectivity index (χ0n) is 12.0. The van der Waals surface area contributed by atoms with Crippen LogP contribution in [0, 0.1) is 11.8 Å². The minimum absolute atomic E-state index is 0.335. The largest absolute Gasteiger partial charge is 0.423 e. The maximum absolute atomic E-state index is 11.3. The maximum Gasteiger partial charge on any atom is 0.336 e. The van der Waals surface area contributed by atoms with E-state index in [-0.39, 0.29) is 5.63 Å². The Bertz CT molecular complexity index is 704. The summed E-state index contributed by atoms with van der Waals surface area (Å²) in [6, 6.07) is 6.95. The summed E-state index contributed by atoms with van der Waals surface area (Å²) in [7, 11) is 0. The molecule has 0 unspecified atom stereocenters. The number of fused-ring (bicyclic) bond motifs is 1. The Morgan fingerprint density at radius 3 is 2.80 bits per heavy atom. The van der Waals surface area contributed by atoms with E-state index >= 15 is 0 Å². The highest BCUT2D eigenvalue weighted by Gasteiger charge is 2.07. The van der Waals surface area contributed by atoms with Crippen molar-refractivity contribution in [1.82, 2.24) is 0 Å². The third-order valence-corrected chi connectivity index (χ3v) is 3.04. The van der Waals surface area contributed by atoms with E-state index in [0.717, 1.165) is 42.4 Å². The SMILES string of the molecule is CCCCC#Cc1c(NCC)ccc2oc(=O)ccc12. The molecule has 1 heterocycles. The van der Waals surface area contributed by atoms with Crippen LogP contribution in [0.25, 0.3) is 11.0 Å². The van der Waals surface area contributed by atoms with Gasteiger partial charge in [0, 0.05) is 24.4 Å². The van der Waals surface area contributed by atoms with Crippen molar-refractivity contribution in [3.63, 3.8) is 0 Å². The molecule has 0 aliphatic heterocycles. The highest BCUT2D eigenvalue weighted by Crippen LogP contribution is 2.24. The van der Waals surface area contributed by atoms with Gasteiger partial charge in [-0.3, -0.25) is 0 Å². The molecule has 0 bridgehead atoms. The van der Waals surface area contributed by atoms with Crippen molar-refractivity contribution < 1.29 is 4.42 Å². The highest BCUT2D eigenvalue weighted by atomic mass is 16.4. The van der Waals surface area contributed by atoms with Crippen molar-refractivity contribution in [2.24, 2.45) is 0 Å². The topological polar surface area (TPSA) is 42.2 Å². The van der Waals surface area contributed by atoms with Crippen molar-refractivity contribution in [3.05, 3.63) is 40.2 Å². The van der Waals surface area contributed by atoms with Crippen LogP contribution in [0.2, 0.25) is 0 Å². The fourth-order valence-corrected chi connectivity index (χ4v) is 2.04. The minimum atomic E-state index is -0.335. The molecule has 3 nitrogen and oxygen atoms in total. The normalized spacial score (nSPS) is 10.1. The van der Waals surface area contributed by atoms with Crippen LogP contribution >= 0.6 is 0 Å². The van der Waals surface area contributed by atoms with Crippen LogP contribution < -0.4 is 10.9 Å². The molecule has 0 amide bonds. The molecule has 0 radical (unpaired) electrons. The molecular formula is C17H19NO2. The minimum Gasteiger partial charge on any atom is -0.423 e. The molecular weight excluding hydrogens is 250 g/mol. The predicted molar refractivity (Wildman–Crippen MR) is 83.1 cm³/mol. The van der Waals surface area contributed by atoms with Crippen LogP contribution in [-0.2, 0) is 0 Å². The summed E-state index contributed by atoms with van der Waals surface area (Å²) in [5.41, 5.74) is 2.14. The van der Waals surface area contributed by atoms with Crippen LogP contribution in [0.3, 0.4) is 0 Å². The summed E-state index contributed by atoms with van der Waals surface area (Å²) in [5.74, 6) is 6.42. The Balaban J connectivity index is 2.52. The molecule has 3 heteroatoms. The van der Waals surface area contributed by atoms with Crippen LogP contribution in [-0.4, -0.2) is 6.54 Å². The van der Waals surface area contributed by atoms with E-state index in [0.29, 0.717) is 5.58 Å². The lowest BCUT2D eigenvalue weighted by Crippen LogP contribution is -2.01. The molecule has 1 aromatic carbocycles. The molecule has 0 aliphatic rings. The van der Waals surface area contributed by atoms with E-state index in [2.05, 4.69) is 24.1 Å². The van der Waals surface area contributed by atoms with Gasteiger partial charge < -0.3 is 9.73 Å². The Morgan fingerprint density at radius 1 is 1.20 bits per heavy atom. The van der Waals surface area contributed by atoms with Gasteiger partial charge in [0.1, 0.15) is 5.58 Å². The monoisotopic (exact) mass is 269 g/mol. The summed E-state index contributed by atoms with van der Waals surface area (Å²) < 4.78 is 5.21. The first-order valence-electron chi connectivity index (χ1n) is 7.06. The molecule has 1 N–H and O–H groups in total. The molecule has 0 saturated heterocycles. The first-order chi connectivity index (χ1) is 9.76. The average molecular weight is 269 g/mol. The summed E-state index contributed by atoms with van der Waals surface area (Å²) in [4.78, 5) is 11.3. The fourth-order valence-electron chi connectivity index (χ4n) is 2.04. The lowest BCUT2D eigenvalue weighted by atomic mass is 10.1. The highest BCUT2D eigenvalue weighted by molar-refractivity contribution is 5.89. The van der Waals surface area contributed by atoms with Gasteiger partial charge in [-0.1, -0.05) is 25.2 Å². The van der Waals surface area contributed by atoms with Gasteiger partial charge in [0.15, 0.2) is 0 Å². The standard InChI is InChI=1S/C17H19NO2/c1-3-5-6-7-8-13-14-9-12-17(19)20-16(14)11-10-15(13)18-4-2/h9-12,18H,3-6H2,1-2H3. The lowest BCUT2D eigenvalue weighted by Gasteiger charge is -2.08. The summed E-state index contributed by atoms with van der Waals surface area (Å²) in [6.07, 6.45) is 3.12. The van der Waals surface area contributed by atoms with Crippen molar-refractivity contribution in [3.8, 4) is 11.8 Å². The molecule has 0 atom stereocenters. The van der Waals surface area contributed by atoms with Gasteiger partial charge >= 0.3 is 5.63 Å². The molecule has 0 spiro atoms. The quantitative estimate of drug-likeness (QED) is 0.522. The molecule has 0 aliphatic carbocycles. The molecule has 0 saturated carbocycles. The number of anilines is 1. The number of benzene rings is 1. The van der Waals surface area contributed by atoms with Gasteiger partial charge in [-0.2, -0.15) is 0 Å². The maximum atomic E-state index is 11.3. The number of rotatable bonds is 4. The van der Waals surface area contributed by atoms with Crippen LogP contribution in [0.15, 0.2) is 33.5 Å². The van der Waals surface area contributed by atoms with Gasteiger partial charge in [0.25, 0.3) is 0 Å². The summed E-state index contributed by atoms with van der Waals surface area (Å²) in [5, 5.41) is 4.18. The second kappa shape index (κ2) is 6.81. The van der Waals surface area contributed by atoms with Gasteiger partial charge in [-0.25, -0.2) is 4.79 Å². The first kappa shape index (κ1) is 14.2. The lowest BCUT2D eigenvalue weighted by molar-refractivity contribution is 0.561. The zero-order chi connectivity index (χ0) is 14.4. The Kier molecular flexibility index (Phi) is 4.84. The van der Waals surface area contributed by atoms with Crippen molar-refractivity contribution in [2.75, 3.05) is 11.9 Å². The van der Waals surface area contributed by atoms with E-state index < -0.39 is 0 Å². The Labute approximate surface area is 119 Å². The molecule has 104 valence electrons. The van der Waals surface area contributed by atoms with E-state index in [9.17, 15) is 4.79 Å². The predicted octanol–water partition coefficient (Wildman–Crippen LogP) is 3.77. The van der Waals surface area contributed by atoms with E-state index in [1.165, 1.54) is 6.07 Å². The van der Waals surface area contributed by atoms with Gasteiger partial charge in [0.05, 0.1) is 11.3 Å². The first-order valence-corrected chi connectivity index (χ1v) is 7.06. The van der Waals surface area contributed by atoms with Crippen LogP contribution in [0.5, 0.6) is 0 Å². The van der Waals surface area contributed by atoms with Crippen LogP contribution in [0.4, 0.5) is 5.69 Å². The van der Waals surface area contributed by atoms with E-state index in [1.807, 2.05) is 19.1 Å². The van der Waals surface area contributed by atoms with Gasteiger partial charge in [-0.15, -0.1) is 0 Å². The number of hydrogen-bond acceptors (Lipinski definition) is 3. The van der Waals surface area contributed by atoms with E-state index in [4.69, 9.17) is 4.42 Å². The summed E-state index contributed by atoms with van der Waals surface area (Å²) >= 11 is 0. The average Bonchev–Trinajstić information content (AvgIpc) is 2.45. The molecule has 2 aromatic rings. The molecule has 2 rings (SSSR count). The smallest absolute Gasteiger partial charge is 0.336 e. The van der Waals surface area contributed by atoms with Crippen molar-refractivity contribution >= 4 is 16.7 Å². The number of hydrogen-bond donors (Lipinski definition) is 1. The van der Waals surface area contributed by atoms with Gasteiger partial charge in [0.2, 0.25) is 0 Å². The Morgan fingerprint density at radius 2 is 2.05 bits per heavy atom. The molecule has 0 fully saturated rings. The molecule has 20 heavy (non-hydrogen) atoms.